The van der Waals surface area contributed by atoms with Gasteiger partial charge in [0.05, 0.1) is 5.39 Å². The molecule has 84 valence electrons. The molecule has 0 saturated heterocycles. The van der Waals surface area contributed by atoms with Crippen LogP contribution < -0.4 is 4.57 Å². The molecule has 3 aromatic rings. The largest absolute Gasteiger partial charge is 0.220 e. The highest BCUT2D eigenvalue weighted by molar-refractivity contribution is 6.05. The first-order chi connectivity index (χ1) is 8.18. The lowest BCUT2D eigenvalue weighted by Crippen LogP contribution is -2.28. The first kappa shape index (κ1) is 10.3. The maximum absolute atomic E-state index is 2.24. The molecule has 0 aliphatic rings. The molecule has 0 saturated carbocycles. The fourth-order valence-corrected chi connectivity index (χ4v) is 2.59. The van der Waals surface area contributed by atoms with Crippen molar-refractivity contribution in [2.24, 2.45) is 7.05 Å². The maximum atomic E-state index is 2.24. The van der Waals surface area contributed by atoms with Crippen LogP contribution in [0.15, 0.2) is 42.6 Å². The third-order valence-corrected chi connectivity index (χ3v) is 3.58. The Morgan fingerprint density at radius 1 is 0.765 bits per heavy atom. The third kappa shape index (κ3) is 1.42. The van der Waals surface area contributed by atoms with Crippen molar-refractivity contribution in [1.29, 1.82) is 0 Å². The Bertz CT molecular complexity index is 726. The lowest BCUT2D eigenvalue weighted by atomic mass is 10.00. The summed E-state index contributed by atoms with van der Waals surface area (Å²) in [7, 11) is 2.11. The van der Waals surface area contributed by atoms with Crippen LogP contribution in [0.4, 0.5) is 0 Å². The second-order valence-electron chi connectivity index (χ2n) is 4.74. The van der Waals surface area contributed by atoms with Crippen LogP contribution in [-0.4, -0.2) is 0 Å². The molecule has 0 atom stereocenters. The molecule has 2 aromatic carbocycles. The van der Waals surface area contributed by atoms with Crippen LogP contribution in [0.5, 0.6) is 0 Å². The fraction of sp³-hybridized carbons (Fsp3) is 0.188. The summed E-state index contributed by atoms with van der Waals surface area (Å²) in [6.45, 7) is 4.34. The zero-order valence-corrected chi connectivity index (χ0v) is 10.5. The standard InChI is InChI=1S/C16H16N/c1-11-5-4-6-15-13(11)7-8-14-12(2)9-10-17(3)16(14)15/h4-10H,1-3H3/q+1. The maximum Gasteiger partial charge on any atom is 0.220 e. The number of aryl methyl sites for hydroxylation is 3. The van der Waals surface area contributed by atoms with Gasteiger partial charge in [0.15, 0.2) is 6.20 Å². The lowest BCUT2D eigenvalue weighted by molar-refractivity contribution is -0.644. The molecule has 1 nitrogen and oxygen atoms in total. The van der Waals surface area contributed by atoms with Crippen molar-refractivity contribution in [3.8, 4) is 0 Å². The molecule has 17 heavy (non-hydrogen) atoms. The van der Waals surface area contributed by atoms with Crippen LogP contribution >= 0.6 is 0 Å². The van der Waals surface area contributed by atoms with Gasteiger partial charge < -0.3 is 0 Å². The Kier molecular flexibility index (Phi) is 2.15. The first-order valence-electron chi connectivity index (χ1n) is 5.96. The molecule has 0 spiro atoms. The van der Waals surface area contributed by atoms with Crippen molar-refractivity contribution in [3.05, 3.63) is 53.7 Å². The number of nitrogens with zero attached hydrogens (tertiary/aromatic N) is 1. The smallest absolute Gasteiger partial charge is 0.200 e. The minimum absolute atomic E-state index is 1.33. The van der Waals surface area contributed by atoms with E-state index < -0.39 is 0 Å². The van der Waals surface area contributed by atoms with Gasteiger partial charge in [-0.05, 0) is 42.5 Å². The van der Waals surface area contributed by atoms with E-state index in [2.05, 4.69) is 68.1 Å². The van der Waals surface area contributed by atoms with Crippen LogP contribution in [-0.2, 0) is 7.05 Å². The van der Waals surface area contributed by atoms with E-state index in [1.807, 2.05) is 0 Å². The van der Waals surface area contributed by atoms with E-state index in [9.17, 15) is 0 Å². The summed E-state index contributed by atoms with van der Waals surface area (Å²) in [6.07, 6.45) is 2.14. The predicted octanol–water partition coefficient (Wildman–Crippen LogP) is 3.43. The number of benzene rings is 2. The minimum atomic E-state index is 1.33. The number of pyridine rings is 1. The van der Waals surface area contributed by atoms with E-state index >= 15 is 0 Å². The molecule has 0 bridgehead atoms. The number of hydrogen-bond acceptors (Lipinski definition) is 0. The van der Waals surface area contributed by atoms with Gasteiger partial charge in [-0.1, -0.05) is 18.2 Å². The molecule has 1 heteroatoms. The van der Waals surface area contributed by atoms with Gasteiger partial charge in [-0.15, -0.1) is 0 Å². The second kappa shape index (κ2) is 3.56. The monoisotopic (exact) mass is 222 g/mol. The average molecular weight is 222 g/mol. The van der Waals surface area contributed by atoms with Crippen molar-refractivity contribution in [2.45, 2.75) is 13.8 Å². The first-order valence-corrected chi connectivity index (χ1v) is 5.96. The fourth-order valence-electron chi connectivity index (χ4n) is 2.59. The molecule has 1 aromatic heterocycles. The van der Waals surface area contributed by atoms with Crippen LogP contribution in [0.2, 0.25) is 0 Å². The van der Waals surface area contributed by atoms with Crippen LogP contribution in [0.3, 0.4) is 0 Å². The summed E-state index contributed by atoms with van der Waals surface area (Å²) in [5, 5.41) is 4.03. The van der Waals surface area contributed by atoms with E-state index in [0.717, 1.165) is 0 Å². The van der Waals surface area contributed by atoms with Gasteiger partial charge in [0.25, 0.3) is 0 Å². The number of aromatic nitrogens is 1. The summed E-state index contributed by atoms with van der Waals surface area (Å²) in [4.78, 5) is 0. The highest BCUT2D eigenvalue weighted by Gasteiger charge is 2.12. The van der Waals surface area contributed by atoms with E-state index in [-0.39, 0.29) is 0 Å². The molecular formula is C16H16N+. The number of hydrogen-bond donors (Lipinski definition) is 0. The van der Waals surface area contributed by atoms with Crippen molar-refractivity contribution < 1.29 is 4.57 Å². The summed E-state index contributed by atoms with van der Waals surface area (Å²) < 4.78 is 2.21. The van der Waals surface area contributed by atoms with Crippen LogP contribution in [0.1, 0.15) is 11.1 Å². The molecule has 0 unspecified atom stereocenters. The zero-order valence-electron chi connectivity index (χ0n) is 10.5. The predicted molar refractivity (Wildman–Crippen MR) is 72.1 cm³/mol. The summed E-state index contributed by atoms with van der Waals surface area (Å²) in [6, 6.07) is 13.2. The lowest BCUT2D eigenvalue weighted by Gasteiger charge is -2.06. The minimum Gasteiger partial charge on any atom is -0.200 e. The van der Waals surface area contributed by atoms with Gasteiger partial charge in [0, 0.05) is 11.5 Å². The van der Waals surface area contributed by atoms with Crippen molar-refractivity contribution >= 4 is 21.7 Å². The molecule has 1 heterocycles. The Hall–Kier alpha value is -1.89. The quantitative estimate of drug-likeness (QED) is 0.405. The Morgan fingerprint density at radius 3 is 2.29 bits per heavy atom. The normalized spacial score (nSPS) is 11.2. The Balaban J connectivity index is 2.65. The number of rotatable bonds is 0. The van der Waals surface area contributed by atoms with Gasteiger partial charge in [-0.3, -0.25) is 0 Å². The molecule has 0 amide bonds. The van der Waals surface area contributed by atoms with E-state index in [0.29, 0.717) is 0 Å². The van der Waals surface area contributed by atoms with Gasteiger partial charge in [-0.25, -0.2) is 4.57 Å². The Morgan fingerprint density at radius 2 is 1.47 bits per heavy atom. The van der Waals surface area contributed by atoms with Gasteiger partial charge in [-0.2, -0.15) is 0 Å². The average Bonchev–Trinajstić information content (AvgIpc) is 2.33. The molecular weight excluding hydrogens is 206 g/mol. The molecule has 3 rings (SSSR count). The van der Waals surface area contributed by atoms with Gasteiger partial charge in [0.2, 0.25) is 5.52 Å². The van der Waals surface area contributed by atoms with Gasteiger partial charge in [0.1, 0.15) is 7.05 Å². The van der Waals surface area contributed by atoms with Crippen molar-refractivity contribution in [1.82, 2.24) is 0 Å². The van der Waals surface area contributed by atoms with Crippen LogP contribution in [0.25, 0.3) is 21.7 Å². The van der Waals surface area contributed by atoms with Crippen molar-refractivity contribution in [2.75, 3.05) is 0 Å². The Labute approximate surface area is 101 Å². The SMILES string of the molecule is Cc1cccc2c1ccc1c(C)cc[n+](C)c12. The third-order valence-electron chi connectivity index (χ3n) is 3.58. The highest BCUT2D eigenvalue weighted by Crippen LogP contribution is 2.26. The summed E-state index contributed by atoms with van der Waals surface area (Å²) in [5.74, 6) is 0. The summed E-state index contributed by atoms with van der Waals surface area (Å²) in [5.41, 5.74) is 4.00. The topological polar surface area (TPSA) is 3.88 Å². The summed E-state index contributed by atoms with van der Waals surface area (Å²) >= 11 is 0. The van der Waals surface area contributed by atoms with E-state index in [1.54, 1.807) is 0 Å². The van der Waals surface area contributed by atoms with Gasteiger partial charge >= 0.3 is 0 Å². The number of fused-ring (bicyclic) bond motifs is 3. The van der Waals surface area contributed by atoms with E-state index in [1.165, 1.54) is 32.8 Å². The molecule has 0 fully saturated rings. The van der Waals surface area contributed by atoms with Crippen molar-refractivity contribution in [3.63, 3.8) is 0 Å². The molecule has 0 N–H and O–H groups in total. The molecule has 0 radical (unpaired) electrons. The molecule has 0 aliphatic carbocycles. The zero-order chi connectivity index (χ0) is 12.0. The highest BCUT2D eigenvalue weighted by atomic mass is 14.9. The molecule has 0 aliphatic heterocycles. The second-order valence-corrected chi connectivity index (χ2v) is 4.74. The van der Waals surface area contributed by atoms with E-state index in [4.69, 9.17) is 0 Å². The van der Waals surface area contributed by atoms with Crippen LogP contribution in [0, 0.1) is 13.8 Å².